The fourth-order valence-electron chi connectivity index (χ4n) is 1.68. The number of anilines is 2. The van der Waals surface area contributed by atoms with E-state index in [0.717, 1.165) is 18.1 Å². The summed E-state index contributed by atoms with van der Waals surface area (Å²) in [5.74, 6) is -0.294. The van der Waals surface area contributed by atoms with Crippen LogP contribution in [-0.2, 0) is 11.3 Å². The number of esters is 1. The normalized spacial score (nSPS) is 12.1. The van der Waals surface area contributed by atoms with Crippen LogP contribution in [0.25, 0.3) is 0 Å². The highest BCUT2D eigenvalue weighted by atomic mass is 32.1. The molecule has 0 amide bonds. The van der Waals surface area contributed by atoms with Crippen molar-refractivity contribution in [1.82, 2.24) is 13.9 Å². The van der Waals surface area contributed by atoms with Crippen LogP contribution in [0.15, 0.2) is 18.7 Å². The van der Waals surface area contributed by atoms with Crippen molar-refractivity contribution in [3.63, 3.8) is 0 Å². The summed E-state index contributed by atoms with van der Waals surface area (Å²) >= 11 is 1.15. The SMILES string of the molecule is COC(=O)c1c(N)nsc1NC(C)Cn1ccnc1. The Morgan fingerprint density at radius 3 is 3.11 bits per heavy atom. The molecule has 3 N–H and O–H groups in total. The Morgan fingerprint density at radius 1 is 1.68 bits per heavy atom. The Labute approximate surface area is 114 Å². The van der Waals surface area contributed by atoms with Crippen LogP contribution in [-0.4, -0.2) is 33.0 Å². The second-order valence-electron chi connectivity index (χ2n) is 4.07. The summed E-state index contributed by atoms with van der Waals surface area (Å²) in [6, 6.07) is 0.0949. The summed E-state index contributed by atoms with van der Waals surface area (Å²) < 4.78 is 10.6. The maximum atomic E-state index is 11.6. The lowest BCUT2D eigenvalue weighted by Crippen LogP contribution is -2.22. The molecule has 0 aliphatic carbocycles. The highest BCUT2D eigenvalue weighted by Gasteiger charge is 2.21. The average Bonchev–Trinajstić information content (AvgIpc) is 2.99. The van der Waals surface area contributed by atoms with Crippen molar-refractivity contribution < 1.29 is 9.53 Å². The smallest absolute Gasteiger partial charge is 0.344 e. The van der Waals surface area contributed by atoms with Gasteiger partial charge in [0.05, 0.1) is 13.4 Å². The molecule has 0 aromatic carbocycles. The van der Waals surface area contributed by atoms with E-state index in [1.54, 1.807) is 12.5 Å². The van der Waals surface area contributed by atoms with Crippen molar-refractivity contribution in [2.24, 2.45) is 0 Å². The third-order valence-electron chi connectivity index (χ3n) is 2.53. The third kappa shape index (κ3) is 3.02. The number of nitrogens with one attached hydrogen (secondary N) is 1. The van der Waals surface area contributed by atoms with Crippen LogP contribution in [0.1, 0.15) is 17.3 Å². The molecule has 2 aromatic rings. The van der Waals surface area contributed by atoms with Crippen LogP contribution in [0.2, 0.25) is 0 Å². The Bertz CT molecular complexity index is 551. The number of nitrogen functional groups attached to an aromatic ring is 1. The monoisotopic (exact) mass is 281 g/mol. The number of hydrogen-bond acceptors (Lipinski definition) is 7. The number of nitrogens with two attached hydrogens (primary N) is 1. The lowest BCUT2D eigenvalue weighted by atomic mass is 10.3. The number of carbonyl (C=O) groups is 1. The molecular formula is C11H15N5O2S. The van der Waals surface area contributed by atoms with Gasteiger partial charge in [-0.25, -0.2) is 9.78 Å². The van der Waals surface area contributed by atoms with Gasteiger partial charge in [0, 0.05) is 25.0 Å². The Balaban J connectivity index is 2.08. The molecule has 2 heterocycles. The molecule has 2 rings (SSSR count). The van der Waals surface area contributed by atoms with Crippen LogP contribution in [0.3, 0.4) is 0 Å². The van der Waals surface area contributed by atoms with E-state index >= 15 is 0 Å². The van der Waals surface area contributed by atoms with Gasteiger partial charge in [-0.05, 0) is 18.5 Å². The molecule has 102 valence electrons. The summed E-state index contributed by atoms with van der Waals surface area (Å²) in [7, 11) is 1.32. The lowest BCUT2D eigenvalue weighted by Gasteiger charge is -2.14. The maximum Gasteiger partial charge on any atom is 0.344 e. The average molecular weight is 281 g/mol. The zero-order chi connectivity index (χ0) is 13.8. The molecule has 8 heteroatoms. The molecule has 0 aliphatic heterocycles. The van der Waals surface area contributed by atoms with Crippen LogP contribution in [0.4, 0.5) is 10.8 Å². The van der Waals surface area contributed by atoms with E-state index in [1.165, 1.54) is 7.11 Å². The van der Waals surface area contributed by atoms with Gasteiger partial charge in [-0.3, -0.25) is 0 Å². The van der Waals surface area contributed by atoms with Crippen molar-refractivity contribution >= 4 is 28.3 Å². The third-order valence-corrected chi connectivity index (χ3v) is 3.32. The van der Waals surface area contributed by atoms with Crippen LogP contribution >= 0.6 is 11.5 Å². The fraction of sp³-hybridized carbons (Fsp3) is 0.364. The summed E-state index contributed by atoms with van der Waals surface area (Å²) in [6.07, 6.45) is 5.33. The quantitative estimate of drug-likeness (QED) is 0.800. The fourth-order valence-corrected chi connectivity index (χ4v) is 2.49. The first-order valence-corrected chi connectivity index (χ1v) is 6.45. The molecule has 0 aliphatic rings. The first kappa shape index (κ1) is 13.3. The van der Waals surface area contributed by atoms with Crippen molar-refractivity contribution in [2.45, 2.75) is 19.5 Å². The van der Waals surface area contributed by atoms with Crippen molar-refractivity contribution in [3.8, 4) is 0 Å². The van der Waals surface area contributed by atoms with Gasteiger partial charge in [-0.1, -0.05) is 0 Å². The molecule has 0 saturated carbocycles. The van der Waals surface area contributed by atoms with Gasteiger partial charge in [0.2, 0.25) is 0 Å². The number of aromatic nitrogens is 3. The van der Waals surface area contributed by atoms with E-state index in [9.17, 15) is 4.79 Å². The van der Waals surface area contributed by atoms with Gasteiger partial charge in [-0.2, -0.15) is 4.37 Å². The Kier molecular flexibility index (Phi) is 4.00. The zero-order valence-electron chi connectivity index (χ0n) is 10.7. The summed E-state index contributed by atoms with van der Waals surface area (Å²) in [5.41, 5.74) is 5.97. The van der Waals surface area contributed by atoms with Crippen LogP contribution in [0, 0.1) is 0 Å². The topological polar surface area (TPSA) is 95.1 Å². The molecule has 0 radical (unpaired) electrons. The van der Waals surface area contributed by atoms with E-state index in [4.69, 9.17) is 10.5 Å². The van der Waals surface area contributed by atoms with Gasteiger partial charge in [0.15, 0.2) is 5.82 Å². The Hall–Kier alpha value is -2.09. The summed E-state index contributed by atoms with van der Waals surface area (Å²) in [5, 5.41) is 3.83. The minimum absolute atomic E-state index is 0.0949. The van der Waals surface area contributed by atoms with Gasteiger partial charge in [-0.15, -0.1) is 0 Å². The van der Waals surface area contributed by atoms with E-state index in [2.05, 4.69) is 14.7 Å². The Morgan fingerprint density at radius 2 is 2.47 bits per heavy atom. The number of hydrogen-bond donors (Lipinski definition) is 2. The number of rotatable bonds is 5. The van der Waals surface area contributed by atoms with E-state index in [1.807, 2.05) is 17.7 Å². The minimum atomic E-state index is -0.483. The van der Waals surface area contributed by atoms with Gasteiger partial charge >= 0.3 is 5.97 Å². The van der Waals surface area contributed by atoms with Crippen LogP contribution in [0.5, 0.6) is 0 Å². The van der Waals surface area contributed by atoms with E-state index in [-0.39, 0.29) is 11.9 Å². The number of ether oxygens (including phenoxy) is 1. The minimum Gasteiger partial charge on any atom is -0.465 e. The molecule has 0 bridgehead atoms. The van der Waals surface area contributed by atoms with Crippen molar-refractivity contribution in [3.05, 3.63) is 24.3 Å². The molecule has 19 heavy (non-hydrogen) atoms. The molecule has 0 saturated heterocycles. The number of carbonyl (C=O) groups excluding carboxylic acids is 1. The molecule has 0 fully saturated rings. The van der Waals surface area contributed by atoms with E-state index in [0.29, 0.717) is 10.6 Å². The first-order valence-electron chi connectivity index (χ1n) is 5.67. The van der Waals surface area contributed by atoms with Crippen molar-refractivity contribution in [1.29, 1.82) is 0 Å². The highest BCUT2D eigenvalue weighted by molar-refractivity contribution is 7.11. The predicted octanol–water partition coefficient (Wildman–Crippen LogP) is 1.21. The standard InChI is InChI=1S/C11H15N5O2S/c1-7(5-16-4-3-13-6-16)14-10-8(11(17)18-2)9(12)15-19-10/h3-4,6-7,14H,5H2,1-2H3,(H2,12,15). The second-order valence-corrected chi connectivity index (χ2v) is 4.84. The first-order chi connectivity index (χ1) is 9.11. The van der Waals surface area contributed by atoms with Crippen molar-refractivity contribution in [2.75, 3.05) is 18.2 Å². The molecular weight excluding hydrogens is 266 g/mol. The molecule has 2 aromatic heterocycles. The molecule has 0 spiro atoms. The second kappa shape index (κ2) is 5.70. The summed E-state index contributed by atoms with van der Waals surface area (Å²) in [6.45, 7) is 2.72. The highest BCUT2D eigenvalue weighted by Crippen LogP contribution is 2.28. The number of methoxy groups -OCH3 is 1. The lowest BCUT2D eigenvalue weighted by molar-refractivity contribution is 0.0603. The molecule has 1 unspecified atom stereocenters. The molecule has 7 nitrogen and oxygen atoms in total. The van der Waals surface area contributed by atoms with Gasteiger partial charge in [0.1, 0.15) is 10.6 Å². The van der Waals surface area contributed by atoms with Gasteiger partial charge in [0.25, 0.3) is 0 Å². The largest absolute Gasteiger partial charge is 0.465 e. The van der Waals surface area contributed by atoms with Crippen LogP contribution < -0.4 is 11.1 Å². The maximum absolute atomic E-state index is 11.6. The van der Waals surface area contributed by atoms with E-state index < -0.39 is 5.97 Å². The summed E-state index contributed by atoms with van der Waals surface area (Å²) in [4.78, 5) is 15.6. The molecule has 1 atom stereocenters. The zero-order valence-corrected chi connectivity index (χ0v) is 11.5. The number of nitrogens with zero attached hydrogens (tertiary/aromatic N) is 3. The number of imidazole rings is 1. The predicted molar refractivity (Wildman–Crippen MR) is 73.2 cm³/mol. The van der Waals surface area contributed by atoms with Gasteiger partial charge < -0.3 is 20.4 Å².